The van der Waals surface area contributed by atoms with Crippen molar-refractivity contribution in [3.05, 3.63) is 35.4 Å². The molecule has 1 aromatic rings. The summed E-state index contributed by atoms with van der Waals surface area (Å²) in [5.74, 6) is 0.579. The van der Waals surface area contributed by atoms with Gasteiger partial charge in [0.1, 0.15) is 5.60 Å². The van der Waals surface area contributed by atoms with E-state index < -0.39 is 5.60 Å². The maximum absolute atomic E-state index is 11.7. The molecule has 0 aliphatic heterocycles. The molecule has 4 heteroatoms. The van der Waals surface area contributed by atoms with Crippen molar-refractivity contribution in [2.45, 2.75) is 76.0 Å². The minimum atomic E-state index is -0.425. The molecule has 0 heterocycles. The van der Waals surface area contributed by atoms with Gasteiger partial charge in [-0.2, -0.15) is 0 Å². The molecule has 0 bridgehead atoms. The van der Waals surface area contributed by atoms with Gasteiger partial charge in [0.15, 0.2) is 0 Å². The fourth-order valence-electron chi connectivity index (χ4n) is 4.68. The fraction of sp³-hybridized carbons (Fsp3) is 0.667. The zero-order valence-corrected chi connectivity index (χ0v) is 15.6. The Morgan fingerprint density at radius 1 is 1.28 bits per heavy atom. The summed E-state index contributed by atoms with van der Waals surface area (Å²) in [5, 5.41) is 6.78. The van der Waals surface area contributed by atoms with Gasteiger partial charge in [-0.1, -0.05) is 24.3 Å². The lowest BCUT2D eigenvalue weighted by Gasteiger charge is -2.37. The molecule has 3 aliphatic carbocycles. The van der Waals surface area contributed by atoms with Crippen molar-refractivity contribution in [1.29, 1.82) is 0 Å². The first-order chi connectivity index (χ1) is 11.9. The van der Waals surface area contributed by atoms with Crippen molar-refractivity contribution in [3.8, 4) is 0 Å². The van der Waals surface area contributed by atoms with Crippen LogP contribution in [0.2, 0.25) is 0 Å². The summed E-state index contributed by atoms with van der Waals surface area (Å²) in [5.41, 5.74) is 3.15. The lowest BCUT2D eigenvalue weighted by molar-refractivity contribution is 0.0503. The molecule has 0 aromatic heterocycles. The van der Waals surface area contributed by atoms with E-state index in [-0.39, 0.29) is 6.09 Å². The quantitative estimate of drug-likeness (QED) is 0.880. The zero-order valence-electron chi connectivity index (χ0n) is 15.6. The summed E-state index contributed by atoms with van der Waals surface area (Å²) >= 11 is 0. The number of benzene rings is 1. The van der Waals surface area contributed by atoms with Gasteiger partial charge >= 0.3 is 6.09 Å². The Labute approximate surface area is 150 Å². The maximum atomic E-state index is 11.7. The van der Waals surface area contributed by atoms with Crippen LogP contribution in [0.15, 0.2) is 24.3 Å². The molecule has 136 valence electrons. The Kier molecular flexibility index (Phi) is 4.06. The van der Waals surface area contributed by atoms with Crippen molar-refractivity contribution in [1.82, 2.24) is 10.6 Å². The van der Waals surface area contributed by atoms with Crippen LogP contribution in [0.3, 0.4) is 0 Å². The average Bonchev–Trinajstić information content (AvgIpc) is 3.06. The molecule has 2 N–H and O–H groups in total. The lowest BCUT2D eigenvalue weighted by Crippen LogP contribution is -2.48. The van der Waals surface area contributed by atoms with Crippen LogP contribution in [0, 0.1) is 5.92 Å². The molecule has 1 spiro atoms. The number of hydrogen-bond acceptors (Lipinski definition) is 3. The van der Waals surface area contributed by atoms with Gasteiger partial charge in [0.05, 0.1) is 0 Å². The van der Waals surface area contributed by atoms with Crippen LogP contribution in [0.1, 0.15) is 57.6 Å². The van der Waals surface area contributed by atoms with Crippen molar-refractivity contribution >= 4 is 6.09 Å². The molecule has 0 saturated heterocycles. The van der Waals surface area contributed by atoms with Gasteiger partial charge in [0.2, 0.25) is 0 Å². The first kappa shape index (κ1) is 16.9. The van der Waals surface area contributed by atoms with Crippen molar-refractivity contribution in [3.63, 3.8) is 0 Å². The highest BCUT2D eigenvalue weighted by Crippen LogP contribution is 2.57. The first-order valence-electron chi connectivity index (χ1n) is 9.67. The van der Waals surface area contributed by atoms with Crippen LogP contribution in [0.25, 0.3) is 0 Å². The summed E-state index contributed by atoms with van der Waals surface area (Å²) in [7, 11) is 0. The van der Waals surface area contributed by atoms with Gasteiger partial charge in [-0.05, 0) is 69.9 Å². The molecule has 1 aromatic carbocycles. The molecular weight excluding hydrogens is 312 g/mol. The smallest absolute Gasteiger partial charge is 0.407 e. The molecule has 3 aliphatic rings. The van der Waals surface area contributed by atoms with Gasteiger partial charge in [0, 0.05) is 24.0 Å². The van der Waals surface area contributed by atoms with E-state index >= 15 is 0 Å². The van der Waals surface area contributed by atoms with Crippen molar-refractivity contribution < 1.29 is 9.53 Å². The largest absolute Gasteiger partial charge is 0.444 e. The van der Waals surface area contributed by atoms with Crippen LogP contribution in [0.5, 0.6) is 0 Å². The number of alkyl carbamates (subject to hydrolysis) is 1. The number of amides is 1. The molecule has 2 saturated carbocycles. The number of aryl methyl sites for hydroxylation is 1. The van der Waals surface area contributed by atoms with Crippen LogP contribution in [0.4, 0.5) is 4.79 Å². The Bertz CT molecular complexity index is 660. The van der Waals surface area contributed by atoms with Crippen molar-refractivity contribution in [2.24, 2.45) is 5.92 Å². The van der Waals surface area contributed by atoms with Gasteiger partial charge in [0.25, 0.3) is 0 Å². The van der Waals surface area contributed by atoms with Gasteiger partial charge in [-0.3, -0.25) is 0 Å². The Morgan fingerprint density at radius 3 is 2.80 bits per heavy atom. The first-order valence-corrected chi connectivity index (χ1v) is 9.67. The third-order valence-electron chi connectivity index (χ3n) is 6.08. The summed E-state index contributed by atoms with van der Waals surface area (Å²) in [6.07, 6.45) is 5.85. The third-order valence-corrected chi connectivity index (χ3v) is 6.08. The average molecular weight is 342 g/mol. The highest BCUT2D eigenvalue weighted by atomic mass is 16.6. The number of nitrogens with one attached hydrogen (secondary N) is 2. The second-order valence-corrected chi connectivity index (χ2v) is 9.15. The Balaban J connectivity index is 1.19. The topological polar surface area (TPSA) is 50.4 Å². The van der Waals surface area contributed by atoms with E-state index in [4.69, 9.17) is 4.74 Å². The molecule has 0 radical (unpaired) electrons. The van der Waals surface area contributed by atoms with Gasteiger partial charge < -0.3 is 15.4 Å². The number of fused-ring (bicyclic) bond motifs is 2. The minimum absolute atomic E-state index is 0.299. The highest BCUT2D eigenvalue weighted by Gasteiger charge is 2.58. The predicted octanol–water partition coefficient (Wildman–Crippen LogP) is 3.54. The predicted molar refractivity (Wildman–Crippen MR) is 98.7 cm³/mol. The number of hydrogen-bond donors (Lipinski definition) is 2. The number of carbonyl (C=O) groups is 1. The summed E-state index contributed by atoms with van der Waals surface area (Å²) in [6, 6.07) is 10.2. The molecule has 2 atom stereocenters. The van der Waals surface area contributed by atoms with Crippen LogP contribution in [-0.2, 0) is 16.6 Å². The second kappa shape index (κ2) is 6.01. The molecule has 2 unspecified atom stereocenters. The van der Waals surface area contributed by atoms with Crippen LogP contribution >= 0.6 is 0 Å². The number of ether oxygens (including phenoxy) is 1. The van der Waals surface area contributed by atoms with Crippen molar-refractivity contribution in [2.75, 3.05) is 6.54 Å². The SMILES string of the molecule is CC(C)(C)OC(=O)NCC1CC(NC2CC23CCc2ccccc23)C1. The standard InChI is InChI=1S/C21H30N2O2/c1-20(2,3)25-19(24)22-13-14-10-16(11-14)23-18-12-21(18)9-8-15-6-4-5-7-17(15)21/h4-7,14,16,18,23H,8-13H2,1-3H3,(H,22,24). The molecule has 4 nitrogen and oxygen atoms in total. The minimum Gasteiger partial charge on any atom is -0.444 e. The number of rotatable bonds is 4. The Morgan fingerprint density at radius 2 is 2.04 bits per heavy atom. The van der Waals surface area contributed by atoms with Crippen LogP contribution < -0.4 is 10.6 Å². The van der Waals surface area contributed by atoms with Crippen LogP contribution in [-0.4, -0.2) is 30.3 Å². The lowest BCUT2D eigenvalue weighted by atomic mass is 9.80. The maximum Gasteiger partial charge on any atom is 0.407 e. The molecule has 1 amide bonds. The van der Waals surface area contributed by atoms with E-state index in [9.17, 15) is 4.79 Å². The number of carbonyl (C=O) groups excluding carboxylic acids is 1. The molecule has 2 fully saturated rings. The normalized spacial score (nSPS) is 32.8. The highest BCUT2D eigenvalue weighted by molar-refractivity contribution is 5.67. The molecular formula is C21H30N2O2. The molecule has 25 heavy (non-hydrogen) atoms. The van der Waals surface area contributed by atoms with E-state index in [0.717, 1.165) is 19.4 Å². The molecule has 4 rings (SSSR count). The second-order valence-electron chi connectivity index (χ2n) is 9.15. The fourth-order valence-corrected chi connectivity index (χ4v) is 4.68. The third kappa shape index (κ3) is 3.41. The summed E-state index contributed by atoms with van der Waals surface area (Å²) < 4.78 is 5.29. The summed E-state index contributed by atoms with van der Waals surface area (Å²) in [4.78, 5) is 11.7. The van der Waals surface area contributed by atoms with E-state index in [2.05, 4.69) is 34.9 Å². The van der Waals surface area contributed by atoms with E-state index in [1.165, 1.54) is 19.3 Å². The Hall–Kier alpha value is -1.55. The van der Waals surface area contributed by atoms with Gasteiger partial charge in [-0.15, -0.1) is 0 Å². The van der Waals surface area contributed by atoms with E-state index in [1.807, 2.05) is 20.8 Å². The zero-order chi connectivity index (χ0) is 17.7. The van der Waals surface area contributed by atoms with E-state index in [1.54, 1.807) is 11.1 Å². The monoisotopic (exact) mass is 342 g/mol. The summed E-state index contributed by atoms with van der Waals surface area (Å²) in [6.45, 7) is 6.40. The van der Waals surface area contributed by atoms with E-state index in [0.29, 0.717) is 23.4 Å². The van der Waals surface area contributed by atoms with Gasteiger partial charge in [-0.25, -0.2) is 4.79 Å².